The van der Waals surface area contributed by atoms with Crippen LogP contribution in [0.15, 0.2) is 57.3 Å². The molecule has 130 valence electrons. The van der Waals surface area contributed by atoms with Crippen molar-refractivity contribution in [1.29, 1.82) is 0 Å². The van der Waals surface area contributed by atoms with Gasteiger partial charge in [-0.25, -0.2) is 4.99 Å². The molecule has 0 aliphatic rings. The van der Waals surface area contributed by atoms with Gasteiger partial charge in [-0.1, -0.05) is 40.2 Å². The normalized spacial score (nSPS) is 11.9. The number of aryl methyl sites for hydroxylation is 2. The number of nitrogens with zero attached hydrogens (tertiary/aromatic N) is 2. The Labute approximate surface area is 160 Å². The smallest absolute Gasteiger partial charge is 0.190 e. The molecule has 0 unspecified atom stereocenters. The molecule has 0 N–H and O–H groups in total. The van der Waals surface area contributed by atoms with Gasteiger partial charge in [-0.15, -0.1) is 11.3 Å². The van der Waals surface area contributed by atoms with Crippen LogP contribution in [0.4, 0.5) is 5.69 Å². The molecule has 2 aromatic carbocycles. The third-order valence-corrected chi connectivity index (χ3v) is 5.43. The van der Waals surface area contributed by atoms with Gasteiger partial charge in [0.05, 0.1) is 18.0 Å². The van der Waals surface area contributed by atoms with Gasteiger partial charge in [-0.2, -0.15) is 0 Å². The predicted octanol–water partition coefficient (Wildman–Crippen LogP) is 5.47. The van der Waals surface area contributed by atoms with Gasteiger partial charge < -0.3 is 9.30 Å². The molecular weight excluding hydrogens is 396 g/mol. The lowest BCUT2D eigenvalue weighted by Crippen LogP contribution is -2.18. The number of ether oxygens (including phenoxy) is 1. The molecule has 0 amide bonds. The maximum Gasteiger partial charge on any atom is 0.190 e. The average Bonchev–Trinajstić information content (AvgIpc) is 2.99. The van der Waals surface area contributed by atoms with Gasteiger partial charge in [0.1, 0.15) is 0 Å². The number of methoxy groups -OCH3 is 1. The van der Waals surface area contributed by atoms with Crippen molar-refractivity contribution >= 4 is 33.0 Å². The second-order valence-electron chi connectivity index (χ2n) is 5.96. The van der Waals surface area contributed by atoms with E-state index < -0.39 is 0 Å². The first-order valence-corrected chi connectivity index (χ1v) is 9.81. The van der Waals surface area contributed by atoms with Crippen LogP contribution in [0.5, 0.6) is 0 Å². The Balaban J connectivity index is 2.12. The van der Waals surface area contributed by atoms with Gasteiger partial charge in [-0.3, -0.25) is 0 Å². The first-order valence-electron chi connectivity index (χ1n) is 8.13. The number of halogens is 1. The number of benzene rings is 2. The molecule has 3 nitrogen and oxygen atoms in total. The fraction of sp³-hybridized carbons (Fsp3) is 0.250. The van der Waals surface area contributed by atoms with Crippen molar-refractivity contribution < 1.29 is 4.74 Å². The van der Waals surface area contributed by atoms with Crippen LogP contribution >= 0.6 is 27.3 Å². The molecule has 1 aromatic heterocycles. The van der Waals surface area contributed by atoms with Gasteiger partial charge in [0.25, 0.3) is 0 Å². The molecule has 0 fully saturated rings. The molecule has 5 heteroatoms. The lowest BCUT2D eigenvalue weighted by Gasteiger charge is -2.09. The minimum absolute atomic E-state index is 0.653. The van der Waals surface area contributed by atoms with Crippen molar-refractivity contribution in [3.05, 3.63) is 68.2 Å². The Hall–Kier alpha value is -1.69. The van der Waals surface area contributed by atoms with Crippen LogP contribution in [0, 0.1) is 13.8 Å². The number of rotatable bonds is 5. The molecule has 0 radical (unpaired) electrons. The highest BCUT2D eigenvalue weighted by Gasteiger charge is 2.09. The Morgan fingerprint density at radius 2 is 1.88 bits per heavy atom. The van der Waals surface area contributed by atoms with Crippen LogP contribution in [0.3, 0.4) is 0 Å². The molecule has 3 aromatic rings. The van der Waals surface area contributed by atoms with E-state index >= 15 is 0 Å². The summed E-state index contributed by atoms with van der Waals surface area (Å²) in [4.78, 5) is 5.92. The van der Waals surface area contributed by atoms with Gasteiger partial charge in [-0.05, 0) is 48.7 Å². The van der Waals surface area contributed by atoms with Crippen molar-refractivity contribution in [2.75, 3.05) is 13.7 Å². The quantitative estimate of drug-likeness (QED) is 0.540. The highest BCUT2D eigenvalue weighted by Crippen LogP contribution is 2.24. The van der Waals surface area contributed by atoms with E-state index in [0.717, 1.165) is 21.5 Å². The Morgan fingerprint density at radius 3 is 2.60 bits per heavy atom. The van der Waals surface area contributed by atoms with Crippen molar-refractivity contribution in [1.82, 2.24) is 4.57 Å². The molecule has 0 atom stereocenters. The van der Waals surface area contributed by atoms with Gasteiger partial charge in [0, 0.05) is 23.5 Å². The predicted molar refractivity (Wildman–Crippen MR) is 108 cm³/mol. The first-order chi connectivity index (χ1) is 12.1. The minimum atomic E-state index is 0.653. The van der Waals surface area contributed by atoms with E-state index in [0.29, 0.717) is 6.61 Å². The Morgan fingerprint density at radius 1 is 1.12 bits per heavy atom. The van der Waals surface area contributed by atoms with E-state index in [9.17, 15) is 0 Å². The second kappa shape index (κ2) is 8.13. The van der Waals surface area contributed by atoms with Crippen LogP contribution < -0.4 is 4.80 Å². The zero-order chi connectivity index (χ0) is 17.8. The van der Waals surface area contributed by atoms with Crippen LogP contribution in [0.1, 0.15) is 11.1 Å². The van der Waals surface area contributed by atoms with Gasteiger partial charge in [0.15, 0.2) is 4.80 Å². The summed E-state index contributed by atoms with van der Waals surface area (Å²) in [6.07, 6.45) is 0. The third kappa shape index (κ3) is 4.29. The number of thiazole rings is 1. The molecule has 0 saturated heterocycles. The summed E-state index contributed by atoms with van der Waals surface area (Å²) in [7, 11) is 1.73. The largest absolute Gasteiger partial charge is 0.383 e. The zero-order valence-electron chi connectivity index (χ0n) is 14.6. The molecule has 3 rings (SSSR count). The standard InChI is InChI=1S/C20H21BrN2OS/c1-14-4-5-15(2)18(12-14)22-20-23(10-11-24-3)19(13-25-20)16-6-8-17(21)9-7-16/h4-9,12-13H,10-11H2,1-3H3. The monoisotopic (exact) mass is 416 g/mol. The van der Waals surface area contributed by atoms with Gasteiger partial charge in [0.2, 0.25) is 0 Å². The SMILES string of the molecule is COCCn1c(-c2ccc(Br)cc2)csc1=Nc1cc(C)ccc1C. The molecular formula is C20H21BrN2OS. The average molecular weight is 417 g/mol. The van der Waals surface area contributed by atoms with Crippen LogP contribution in [-0.2, 0) is 11.3 Å². The third-order valence-electron chi connectivity index (χ3n) is 4.04. The van der Waals surface area contributed by atoms with E-state index in [-0.39, 0.29) is 0 Å². The summed E-state index contributed by atoms with van der Waals surface area (Å²) in [5, 5.41) is 2.17. The van der Waals surface area contributed by atoms with Crippen LogP contribution in [-0.4, -0.2) is 18.3 Å². The highest BCUT2D eigenvalue weighted by molar-refractivity contribution is 9.10. The van der Waals surface area contributed by atoms with E-state index in [2.05, 4.69) is 82.2 Å². The molecule has 0 saturated carbocycles. The van der Waals surface area contributed by atoms with Crippen molar-refractivity contribution in [3.8, 4) is 11.3 Å². The van der Waals surface area contributed by atoms with Crippen LogP contribution in [0.2, 0.25) is 0 Å². The summed E-state index contributed by atoms with van der Waals surface area (Å²) in [5.74, 6) is 0. The maximum atomic E-state index is 5.31. The van der Waals surface area contributed by atoms with E-state index in [1.807, 2.05) is 0 Å². The number of hydrogen-bond donors (Lipinski definition) is 0. The summed E-state index contributed by atoms with van der Waals surface area (Å²) >= 11 is 5.16. The summed E-state index contributed by atoms with van der Waals surface area (Å²) < 4.78 is 8.62. The van der Waals surface area contributed by atoms with Crippen molar-refractivity contribution in [2.24, 2.45) is 4.99 Å². The zero-order valence-corrected chi connectivity index (χ0v) is 17.0. The second-order valence-corrected chi connectivity index (χ2v) is 7.71. The fourth-order valence-corrected chi connectivity index (χ4v) is 3.82. The van der Waals surface area contributed by atoms with Crippen LogP contribution in [0.25, 0.3) is 11.3 Å². The minimum Gasteiger partial charge on any atom is -0.383 e. The number of hydrogen-bond acceptors (Lipinski definition) is 3. The molecule has 0 aliphatic heterocycles. The van der Waals surface area contributed by atoms with E-state index in [4.69, 9.17) is 9.73 Å². The van der Waals surface area contributed by atoms with Crippen molar-refractivity contribution in [3.63, 3.8) is 0 Å². The van der Waals surface area contributed by atoms with E-state index in [1.165, 1.54) is 22.4 Å². The van der Waals surface area contributed by atoms with Gasteiger partial charge >= 0.3 is 0 Å². The van der Waals surface area contributed by atoms with Crippen molar-refractivity contribution in [2.45, 2.75) is 20.4 Å². The van der Waals surface area contributed by atoms with E-state index in [1.54, 1.807) is 18.4 Å². The lowest BCUT2D eigenvalue weighted by atomic mass is 10.1. The number of aromatic nitrogens is 1. The fourth-order valence-electron chi connectivity index (χ4n) is 2.61. The first kappa shape index (κ1) is 18.1. The molecule has 0 spiro atoms. The molecule has 1 heterocycles. The Kier molecular flexibility index (Phi) is 5.89. The summed E-state index contributed by atoms with van der Waals surface area (Å²) in [6.45, 7) is 5.62. The summed E-state index contributed by atoms with van der Waals surface area (Å²) in [6, 6.07) is 14.7. The lowest BCUT2D eigenvalue weighted by molar-refractivity contribution is 0.187. The maximum absolute atomic E-state index is 5.31. The Bertz CT molecular complexity index is 926. The molecule has 0 bridgehead atoms. The summed E-state index contributed by atoms with van der Waals surface area (Å²) in [5.41, 5.74) is 5.77. The topological polar surface area (TPSA) is 26.5 Å². The molecule has 0 aliphatic carbocycles. The molecule has 25 heavy (non-hydrogen) atoms. The highest BCUT2D eigenvalue weighted by atomic mass is 79.9.